The lowest BCUT2D eigenvalue weighted by molar-refractivity contribution is 0.475. The van der Waals surface area contributed by atoms with E-state index >= 15 is 0 Å². The van der Waals surface area contributed by atoms with Crippen molar-refractivity contribution >= 4 is 29.9 Å². The molecule has 1 aromatic carbocycles. The highest BCUT2D eigenvalue weighted by Gasteiger charge is 1.97. The van der Waals surface area contributed by atoms with Crippen molar-refractivity contribution in [1.29, 1.82) is 0 Å². The number of hydrogen-bond acceptors (Lipinski definition) is 2. The van der Waals surface area contributed by atoms with Crippen molar-refractivity contribution in [1.82, 2.24) is 10.6 Å². The Bertz CT molecular complexity index is 393. The summed E-state index contributed by atoms with van der Waals surface area (Å²) in [5.41, 5.74) is 1.25. The van der Waals surface area contributed by atoms with E-state index in [0.29, 0.717) is 5.75 Å². The summed E-state index contributed by atoms with van der Waals surface area (Å²) in [5, 5.41) is 15.9. The van der Waals surface area contributed by atoms with E-state index in [1.807, 2.05) is 12.1 Å². The van der Waals surface area contributed by atoms with Gasteiger partial charge in [0.1, 0.15) is 5.75 Å². The van der Waals surface area contributed by atoms with Crippen LogP contribution in [0.2, 0.25) is 0 Å². The molecule has 0 aliphatic heterocycles. The minimum absolute atomic E-state index is 0. The third-order valence-electron chi connectivity index (χ3n) is 3.17. The summed E-state index contributed by atoms with van der Waals surface area (Å²) in [6.45, 7) is 4.08. The number of unbranched alkanes of at least 4 members (excludes halogenated alkanes) is 2. The second-order valence-electron chi connectivity index (χ2n) is 4.90. The van der Waals surface area contributed by atoms with Crippen molar-refractivity contribution in [3.05, 3.63) is 29.8 Å². The first kappa shape index (κ1) is 20.0. The molecule has 0 atom stereocenters. The lowest BCUT2D eigenvalue weighted by Gasteiger charge is -2.11. The van der Waals surface area contributed by atoms with Gasteiger partial charge in [0.05, 0.1) is 0 Å². The van der Waals surface area contributed by atoms with Crippen molar-refractivity contribution in [2.24, 2.45) is 4.99 Å². The molecule has 0 unspecified atom stereocenters. The van der Waals surface area contributed by atoms with Gasteiger partial charge < -0.3 is 15.7 Å². The number of hydrogen-bond donors (Lipinski definition) is 3. The Morgan fingerprint density at radius 1 is 1.05 bits per heavy atom. The van der Waals surface area contributed by atoms with Crippen molar-refractivity contribution in [2.45, 2.75) is 39.0 Å². The standard InChI is InChI=1S/C16H27N3O.HI/c1-3-4-5-12-18-16(17-2)19-13-6-7-14-8-10-15(20)11-9-14;/h8-11,20H,3-7,12-13H2,1-2H3,(H2,17,18,19);1H. The van der Waals surface area contributed by atoms with Crippen LogP contribution < -0.4 is 10.6 Å². The van der Waals surface area contributed by atoms with Crippen LogP contribution in [-0.2, 0) is 6.42 Å². The normalized spacial score (nSPS) is 10.9. The van der Waals surface area contributed by atoms with Gasteiger partial charge in [-0.3, -0.25) is 4.99 Å². The Morgan fingerprint density at radius 2 is 1.67 bits per heavy atom. The molecule has 4 nitrogen and oxygen atoms in total. The Kier molecular flexibility index (Phi) is 12.1. The van der Waals surface area contributed by atoms with E-state index in [4.69, 9.17) is 0 Å². The number of nitrogens with zero attached hydrogens (tertiary/aromatic N) is 1. The van der Waals surface area contributed by atoms with Gasteiger partial charge in [-0.2, -0.15) is 0 Å². The van der Waals surface area contributed by atoms with Gasteiger partial charge in [-0.25, -0.2) is 0 Å². The maximum absolute atomic E-state index is 9.22. The summed E-state index contributed by atoms with van der Waals surface area (Å²) in [4.78, 5) is 4.20. The molecule has 1 aromatic rings. The van der Waals surface area contributed by atoms with Crippen molar-refractivity contribution < 1.29 is 5.11 Å². The van der Waals surface area contributed by atoms with E-state index in [0.717, 1.165) is 31.9 Å². The van der Waals surface area contributed by atoms with Gasteiger partial charge in [-0.1, -0.05) is 31.9 Å². The predicted octanol–water partition coefficient (Wildman–Crippen LogP) is 3.30. The fraction of sp³-hybridized carbons (Fsp3) is 0.562. The van der Waals surface area contributed by atoms with E-state index in [1.54, 1.807) is 19.2 Å². The van der Waals surface area contributed by atoms with Gasteiger partial charge in [0, 0.05) is 20.1 Å². The first-order chi connectivity index (χ1) is 9.76. The maximum Gasteiger partial charge on any atom is 0.190 e. The fourth-order valence-corrected chi connectivity index (χ4v) is 1.96. The van der Waals surface area contributed by atoms with Crippen molar-refractivity contribution in [3.63, 3.8) is 0 Å². The number of aryl methyl sites for hydroxylation is 1. The molecule has 0 aliphatic carbocycles. The van der Waals surface area contributed by atoms with E-state index in [1.165, 1.54) is 24.8 Å². The zero-order valence-corrected chi connectivity index (χ0v) is 15.4. The van der Waals surface area contributed by atoms with Crippen LogP contribution in [0.5, 0.6) is 5.75 Å². The molecule has 21 heavy (non-hydrogen) atoms. The highest BCUT2D eigenvalue weighted by atomic mass is 127. The topological polar surface area (TPSA) is 56.7 Å². The highest BCUT2D eigenvalue weighted by molar-refractivity contribution is 14.0. The van der Waals surface area contributed by atoms with Gasteiger partial charge in [-0.15, -0.1) is 24.0 Å². The summed E-state index contributed by atoms with van der Waals surface area (Å²) in [7, 11) is 1.80. The first-order valence-corrected chi connectivity index (χ1v) is 7.48. The molecule has 0 bridgehead atoms. The monoisotopic (exact) mass is 405 g/mol. The summed E-state index contributed by atoms with van der Waals surface area (Å²) < 4.78 is 0. The zero-order valence-electron chi connectivity index (χ0n) is 13.1. The second kappa shape index (κ2) is 12.7. The lowest BCUT2D eigenvalue weighted by Crippen LogP contribution is -2.38. The van der Waals surface area contributed by atoms with Gasteiger partial charge in [0.2, 0.25) is 0 Å². The van der Waals surface area contributed by atoms with Crippen LogP contribution in [0, 0.1) is 0 Å². The molecule has 0 aliphatic rings. The number of phenolic OH excluding ortho intramolecular Hbond substituents is 1. The van der Waals surface area contributed by atoms with Crippen LogP contribution in [0.3, 0.4) is 0 Å². The average molecular weight is 405 g/mol. The minimum Gasteiger partial charge on any atom is -0.508 e. The SMILES string of the molecule is CCCCCNC(=NC)NCCCc1ccc(O)cc1.I. The smallest absolute Gasteiger partial charge is 0.190 e. The molecule has 0 radical (unpaired) electrons. The first-order valence-electron chi connectivity index (χ1n) is 7.48. The number of rotatable bonds is 8. The van der Waals surface area contributed by atoms with Gasteiger partial charge >= 0.3 is 0 Å². The molecule has 0 spiro atoms. The molecule has 0 saturated heterocycles. The van der Waals surface area contributed by atoms with Crippen LogP contribution >= 0.6 is 24.0 Å². The quantitative estimate of drug-likeness (QED) is 0.269. The number of benzene rings is 1. The zero-order chi connectivity index (χ0) is 14.6. The second-order valence-corrected chi connectivity index (χ2v) is 4.90. The summed E-state index contributed by atoms with van der Waals surface area (Å²) in [5.74, 6) is 1.20. The van der Waals surface area contributed by atoms with E-state index in [-0.39, 0.29) is 24.0 Å². The largest absolute Gasteiger partial charge is 0.508 e. The predicted molar refractivity (Wildman–Crippen MR) is 101 cm³/mol. The molecular weight excluding hydrogens is 377 g/mol. The summed E-state index contributed by atoms with van der Waals surface area (Å²) in [6.07, 6.45) is 5.72. The van der Waals surface area contributed by atoms with Crippen molar-refractivity contribution in [2.75, 3.05) is 20.1 Å². The van der Waals surface area contributed by atoms with Crippen LogP contribution in [0.15, 0.2) is 29.3 Å². The van der Waals surface area contributed by atoms with Crippen LogP contribution in [0.4, 0.5) is 0 Å². The van der Waals surface area contributed by atoms with Gasteiger partial charge in [0.15, 0.2) is 5.96 Å². The number of nitrogens with one attached hydrogen (secondary N) is 2. The number of aliphatic imine (C=N–C) groups is 1. The van der Waals surface area contributed by atoms with Crippen LogP contribution in [-0.4, -0.2) is 31.2 Å². The third kappa shape index (κ3) is 9.55. The number of halogens is 1. The molecule has 0 aromatic heterocycles. The highest BCUT2D eigenvalue weighted by Crippen LogP contribution is 2.10. The Balaban J connectivity index is 0.00000400. The molecule has 0 heterocycles. The van der Waals surface area contributed by atoms with Crippen LogP contribution in [0.1, 0.15) is 38.2 Å². The molecule has 3 N–H and O–H groups in total. The third-order valence-corrected chi connectivity index (χ3v) is 3.17. The molecule has 0 amide bonds. The average Bonchev–Trinajstić information content (AvgIpc) is 2.47. The van der Waals surface area contributed by atoms with Gasteiger partial charge in [0.25, 0.3) is 0 Å². The van der Waals surface area contributed by atoms with Crippen molar-refractivity contribution in [3.8, 4) is 5.75 Å². The number of phenols is 1. The van der Waals surface area contributed by atoms with E-state index in [2.05, 4.69) is 22.5 Å². The maximum atomic E-state index is 9.22. The summed E-state index contributed by atoms with van der Waals surface area (Å²) in [6, 6.07) is 7.40. The Morgan fingerprint density at radius 3 is 2.24 bits per heavy atom. The van der Waals surface area contributed by atoms with E-state index in [9.17, 15) is 5.11 Å². The molecule has 0 saturated carbocycles. The molecule has 120 valence electrons. The van der Waals surface area contributed by atoms with E-state index < -0.39 is 0 Å². The number of aromatic hydroxyl groups is 1. The molecule has 5 heteroatoms. The number of guanidine groups is 1. The fourth-order valence-electron chi connectivity index (χ4n) is 1.96. The Hall–Kier alpha value is -0.980. The molecule has 1 rings (SSSR count). The summed E-state index contributed by atoms with van der Waals surface area (Å²) >= 11 is 0. The lowest BCUT2D eigenvalue weighted by atomic mass is 10.1. The molecular formula is C16H28IN3O. The van der Waals surface area contributed by atoms with Crippen LogP contribution in [0.25, 0.3) is 0 Å². The molecule has 0 fully saturated rings. The Labute approximate surface area is 145 Å². The minimum atomic E-state index is 0. The van der Waals surface area contributed by atoms with Gasteiger partial charge in [-0.05, 0) is 37.0 Å².